The third-order valence-electron chi connectivity index (χ3n) is 5.72. The van der Waals surface area contributed by atoms with Crippen molar-refractivity contribution in [2.24, 2.45) is 0 Å². The molecule has 0 spiro atoms. The highest BCUT2D eigenvalue weighted by atomic mass is 16.6. The van der Waals surface area contributed by atoms with Crippen molar-refractivity contribution < 1.29 is 23.7 Å². The molecule has 0 radical (unpaired) electrons. The summed E-state index contributed by atoms with van der Waals surface area (Å²) < 4.78 is 23.1. The second kappa shape index (κ2) is 13.1. The van der Waals surface area contributed by atoms with Crippen LogP contribution in [0, 0.1) is 0 Å². The summed E-state index contributed by atoms with van der Waals surface area (Å²) in [5.41, 5.74) is 2.06. The van der Waals surface area contributed by atoms with Crippen LogP contribution in [0.1, 0.15) is 52.0 Å². The zero-order valence-electron chi connectivity index (χ0n) is 20.1. The highest BCUT2D eigenvalue weighted by molar-refractivity contribution is 5.75. The van der Waals surface area contributed by atoms with Crippen LogP contribution in [-0.4, -0.2) is 44.7 Å². The molecule has 1 aliphatic heterocycles. The summed E-state index contributed by atoms with van der Waals surface area (Å²) in [7, 11) is 0. The van der Waals surface area contributed by atoms with Crippen molar-refractivity contribution in [3.05, 3.63) is 54.1 Å². The number of benzene rings is 2. The molecule has 180 valence electrons. The number of carbonyl (C=O) groups is 1. The second-order valence-corrected chi connectivity index (χ2v) is 8.25. The summed E-state index contributed by atoms with van der Waals surface area (Å²) in [6, 6.07) is 15.9. The summed E-state index contributed by atoms with van der Waals surface area (Å²) in [6.45, 7) is 8.36. The van der Waals surface area contributed by atoms with Crippen molar-refractivity contribution in [2.75, 3.05) is 31.3 Å². The number of para-hydroxylation sites is 2. The summed E-state index contributed by atoms with van der Waals surface area (Å²) in [5, 5.41) is 0. The number of anilines is 1. The molecule has 3 rings (SSSR count). The number of unbranched alkanes of at least 4 members (excludes halogenated alkanes) is 3. The molecule has 2 unspecified atom stereocenters. The Morgan fingerprint density at radius 3 is 2.61 bits per heavy atom. The van der Waals surface area contributed by atoms with Gasteiger partial charge >= 0.3 is 5.97 Å². The second-order valence-electron chi connectivity index (χ2n) is 8.25. The number of ether oxygens (including phenoxy) is 4. The van der Waals surface area contributed by atoms with Crippen molar-refractivity contribution in [2.45, 2.75) is 65.2 Å². The van der Waals surface area contributed by atoms with Crippen molar-refractivity contribution in [1.29, 1.82) is 0 Å². The van der Waals surface area contributed by atoms with Gasteiger partial charge in [0.15, 0.2) is 12.3 Å². The SMILES string of the molecule is CCCCCCOC(Cc1ccc(OC(C)N2CCOc3ccccc32)cc1)C(=O)OCC. The molecule has 0 N–H and O–H groups in total. The number of carbonyl (C=O) groups excluding carboxylic acids is 1. The van der Waals surface area contributed by atoms with Crippen LogP contribution >= 0.6 is 0 Å². The fraction of sp³-hybridized carbons (Fsp3) is 0.519. The topological polar surface area (TPSA) is 57.2 Å². The molecule has 0 fully saturated rings. The molecule has 6 heteroatoms. The minimum Gasteiger partial charge on any atom is -0.490 e. The Morgan fingerprint density at radius 1 is 1.06 bits per heavy atom. The van der Waals surface area contributed by atoms with Gasteiger partial charge in [0.2, 0.25) is 0 Å². The third kappa shape index (κ3) is 7.39. The third-order valence-corrected chi connectivity index (χ3v) is 5.72. The summed E-state index contributed by atoms with van der Waals surface area (Å²) in [6.07, 6.45) is 4.19. The van der Waals surface area contributed by atoms with Gasteiger partial charge in [0, 0.05) is 13.0 Å². The maximum Gasteiger partial charge on any atom is 0.335 e. The van der Waals surface area contributed by atoms with E-state index in [0.29, 0.717) is 26.2 Å². The molecule has 6 nitrogen and oxygen atoms in total. The van der Waals surface area contributed by atoms with Gasteiger partial charge in [-0.25, -0.2) is 4.79 Å². The van der Waals surface area contributed by atoms with E-state index in [2.05, 4.69) is 17.9 Å². The largest absolute Gasteiger partial charge is 0.490 e. The summed E-state index contributed by atoms with van der Waals surface area (Å²) >= 11 is 0. The maximum atomic E-state index is 12.4. The van der Waals surface area contributed by atoms with E-state index in [4.69, 9.17) is 18.9 Å². The number of fused-ring (bicyclic) bond motifs is 1. The smallest absolute Gasteiger partial charge is 0.335 e. The first-order chi connectivity index (χ1) is 16.1. The Bertz CT molecular complexity index is 854. The predicted molar refractivity (Wildman–Crippen MR) is 130 cm³/mol. The number of nitrogens with zero attached hydrogens (tertiary/aromatic N) is 1. The molecular formula is C27H37NO5. The normalized spacial score (nSPS) is 14.7. The lowest BCUT2D eigenvalue weighted by molar-refractivity contribution is -0.156. The van der Waals surface area contributed by atoms with E-state index in [9.17, 15) is 4.79 Å². The molecule has 0 aliphatic carbocycles. The Hall–Kier alpha value is -2.73. The van der Waals surface area contributed by atoms with Gasteiger partial charge in [0.05, 0.1) is 18.8 Å². The monoisotopic (exact) mass is 455 g/mol. The van der Waals surface area contributed by atoms with Gasteiger partial charge in [-0.3, -0.25) is 0 Å². The van der Waals surface area contributed by atoms with Gasteiger partial charge in [-0.15, -0.1) is 0 Å². The van der Waals surface area contributed by atoms with Crippen molar-refractivity contribution in [1.82, 2.24) is 0 Å². The van der Waals surface area contributed by atoms with Crippen LogP contribution in [0.2, 0.25) is 0 Å². The number of rotatable bonds is 13. The lowest BCUT2D eigenvalue weighted by Gasteiger charge is -2.35. The van der Waals surface area contributed by atoms with E-state index in [-0.39, 0.29) is 12.2 Å². The maximum absolute atomic E-state index is 12.4. The van der Waals surface area contributed by atoms with Gasteiger partial charge in [-0.1, -0.05) is 50.5 Å². The molecular weight excluding hydrogens is 418 g/mol. The van der Waals surface area contributed by atoms with Crippen LogP contribution in [0.25, 0.3) is 0 Å². The first-order valence-electron chi connectivity index (χ1n) is 12.1. The van der Waals surface area contributed by atoms with Crippen molar-refractivity contribution in [3.8, 4) is 11.5 Å². The molecule has 2 atom stereocenters. The first-order valence-corrected chi connectivity index (χ1v) is 12.1. The molecule has 1 aliphatic rings. The van der Waals surface area contributed by atoms with E-state index in [1.165, 1.54) is 12.8 Å². The number of esters is 1. The highest BCUT2D eigenvalue weighted by Crippen LogP contribution is 2.32. The average molecular weight is 456 g/mol. The van der Waals surface area contributed by atoms with Gasteiger partial charge in [0.1, 0.15) is 18.1 Å². The average Bonchev–Trinajstić information content (AvgIpc) is 2.84. The lowest BCUT2D eigenvalue weighted by atomic mass is 10.1. The standard InChI is InChI=1S/C27H37NO5/c1-4-6-7-10-18-31-26(27(29)30-5-2)20-22-13-15-23(16-14-22)33-21(3)28-17-19-32-25-12-9-8-11-24(25)28/h8-9,11-16,21,26H,4-7,10,17-20H2,1-3H3. The van der Waals surface area contributed by atoms with Gasteiger partial charge in [-0.2, -0.15) is 0 Å². The van der Waals surface area contributed by atoms with Crippen LogP contribution < -0.4 is 14.4 Å². The van der Waals surface area contributed by atoms with E-state index in [1.54, 1.807) is 0 Å². The Labute approximate surface area is 197 Å². The minimum absolute atomic E-state index is 0.139. The molecule has 0 amide bonds. The molecule has 0 saturated heterocycles. The molecule has 0 aromatic heterocycles. The zero-order chi connectivity index (χ0) is 23.5. The van der Waals surface area contributed by atoms with E-state index >= 15 is 0 Å². The number of hydrogen-bond donors (Lipinski definition) is 0. The molecule has 0 bridgehead atoms. The minimum atomic E-state index is -0.581. The lowest BCUT2D eigenvalue weighted by Crippen LogP contribution is -2.42. The Balaban J connectivity index is 1.57. The van der Waals surface area contributed by atoms with Crippen molar-refractivity contribution >= 4 is 11.7 Å². The quantitative estimate of drug-likeness (QED) is 0.298. The van der Waals surface area contributed by atoms with Gasteiger partial charge in [0.25, 0.3) is 0 Å². The molecule has 0 saturated carbocycles. The van der Waals surface area contributed by atoms with E-state index in [1.807, 2.05) is 56.3 Å². The summed E-state index contributed by atoms with van der Waals surface area (Å²) in [5.74, 6) is 1.37. The first kappa shape index (κ1) is 24.9. The fourth-order valence-corrected chi connectivity index (χ4v) is 3.95. The zero-order valence-corrected chi connectivity index (χ0v) is 20.1. The van der Waals surface area contributed by atoms with Crippen LogP contribution in [0.3, 0.4) is 0 Å². The Kier molecular flexibility index (Phi) is 9.88. The molecule has 2 aromatic carbocycles. The summed E-state index contributed by atoms with van der Waals surface area (Å²) in [4.78, 5) is 14.6. The molecule has 2 aromatic rings. The van der Waals surface area contributed by atoms with Crippen LogP contribution in [0.15, 0.2) is 48.5 Å². The molecule has 33 heavy (non-hydrogen) atoms. The van der Waals surface area contributed by atoms with E-state index in [0.717, 1.165) is 42.1 Å². The van der Waals surface area contributed by atoms with Crippen LogP contribution in [0.4, 0.5) is 5.69 Å². The Morgan fingerprint density at radius 2 is 1.85 bits per heavy atom. The number of hydrogen-bond acceptors (Lipinski definition) is 6. The predicted octanol–water partition coefficient (Wildman–Crippen LogP) is 5.38. The highest BCUT2D eigenvalue weighted by Gasteiger charge is 2.24. The van der Waals surface area contributed by atoms with E-state index < -0.39 is 6.10 Å². The van der Waals surface area contributed by atoms with Gasteiger partial charge in [-0.05, 0) is 50.1 Å². The van der Waals surface area contributed by atoms with Gasteiger partial charge < -0.3 is 23.8 Å². The van der Waals surface area contributed by atoms with Crippen LogP contribution in [-0.2, 0) is 20.7 Å². The van der Waals surface area contributed by atoms with Crippen LogP contribution in [0.5, 0.6) is 11.5 Å². The molecule has 1 heterocycles. The van der Waals surface area contributed by atoms with Crippen molar-refractivity contribution in [3.63, 3.8) is 0 Å². The fourth-order valence-electron chi connectivity index (χ4n) is 3.95.